The van der Waals surface area contributed by atoms with E-state index in [9.17, 15) is 9.59 Å². The molecule has 1 N–H and O–H groups in total. The number of carbonyl (C=O) groups is 2. The van der Waals surface area contributed by atoms with Gasteiger partial charge in [-0.15, -0.1) is 0 Å². The molecule has 150 valence electrons. The first-order chi connectivity index (χ1) is 13.5. The molecule has 28 heavy (non-hydrogen) atoms. The zero-order valence-electron chi connectivity index (χ0n) is 17.0. The van der Waals surface area contributed by atoms with Crippen LogP contribution < -0.4 is 10.2 Å². The predicted octanol–water partition coefficient (Wildman–Crippen LogP) is 1.94. The number of nitrogens with zero attached hydrogens (tertiary/aromatic N) is 3. The molecule has 0 aromatic heterocycles. The van der Waals surface area contributed by atoms with Crippen molar-refractivity contribution in [3.63, 3.8) is 0 Å². The van der Waals surface area contributed by atoms with Crippen LogP contribution >= 0.6 is 0 Å². The summed E-state index contributed by atoms with van der Waals surface area (Å²) < 4.78 is 0. The largest absolute Gasteiger partial charge is 0.358 e. The van der Waals surface area contributed by atoms with Gasteiger partial charge in [0.1, 0.15) is 0 Å². The van der Waals surface area contributed by atoms with Gasteiger partial charge < -0.3 is 10.2 Å². The summed E-state index contributed by atoms with van der Waals surface area (Å²) in [5, 5.41) is 4.91. The normalized spacial score (nSPS) is 16.7. The van der Waals surface area contributed by atoms with Gasteiger partial charge in [0, 0.05) is 45.2 Å². The number of benzene rings is 2. The van der Waals surface area contributed by atoms with Gasteiger partial charge in [-0.25, -0.2) is 0 Å². The van der Waals surface area contributed by atoms with E-state index < -0.39 is 0 Å². The highest BCUT2D eigenvalue weighted by Crippen LogP contribution is 2.27. The lowest BCUT2D eigenvalue weighted by atomic mass is 10.1. The molecule has 0 spiro atoms. The molecule has 0 radical (unpaired) electrons. The molecule has 1 aliphatic heterocycles. The number of hydrogen-bond donors (Lipinski definition) is 1. The van der Waals surface area contributed by atoms with Crippen molar-refractivity contribution in [2.75, 3.05) is 51.2 Å². The molecule has 2 aromatic rings. The second-order valence-corrected chi connectivity index (χ2v) is 7.24. The SMILES string of the molecule is CCN(C(=O)[C@@H](C)N1CCN(CC(=O)NC)CC1)c1cccc2ccccc12. The molecular weight excluding hydrogens is 352 g/mol. The zero-order chi connectivity index (χ0) is 20.1. The molecule has 1 fully saturated rings. The van der Waals surface area contributed by atoms with Crippen molar-refractivity contribution in [2.24, 2.45) is 0 Å². The Hall–Kier alpha value is -2.44. The van der Waals surface area contributed by atoms with E-state index in [0.717, 1.165) is 42.6 Å². The molecule has 2 aromatic carbocycles. The molecule has 2 amide bonds. The minimum atomic E-state index is -0.193. The number of hydrogen-bond acceptors (Lipinski definition) is 4. The predicted molar refractivity (Wildman–Crippen MR) is 114 cm³/mol. The van der Waals surface area contributed by atoms with Crippen LogP contribution in [0.3, 0.4) is 0 Å². The number of nitrogens with one attached hydrogen (secondary N) is 1. The van der Waals surface area contributed by atoms with Gasteiger partial charge in [0.2, 0.25) is 11.8 Å². The van der Waals surface area contributed by atoms with E-state index in [1.807, 2.05) is 43.0 Å². The molecule has 1 saturated heterocycles. The van der Waals surface area contributed by atoms with Gasteiger partial charge in [0.15, 0.2) is 0 Å². The Bertz CT molecular complexity index is 825. The summed E-state index contributed by atoms with van der Waals surface area (Å²) in [6.07, 6.45) is 0. The highest BCUT2D eigenvalue weighted by Gasteiger charge is 2.29. The molecular formula is C22H30N4O2. The highest BCUT2D eigenvalue weighted by molar-refractivity contribution is 6.05. The molecule has 6 heteroatoms. The molecule has 0 unspecified atom stereocenters. The molecule has 1 heterocycles. The van der Waals surface area contributed by atoms with Crippen LogP contribution in [-0.4, -0.2) is 74.0 Å². The van der Waals surface area contributed by atoms with Gasteiger partial charge in [0.25, 0.3) is 0 Å². The van der Waals surface area contributed by atoms with Gasteiger partial charge in [0.05, 0.1) is 18.3 Å². The molecule has 0 bridgehead atoms. The van der Waals surface area contributed by atoms with Gasteiger partial charge >= 0.3 is 0 Å². The molecule has 3 rings (SSSR count). The van der Waals surface area contributed by atoms with Crippen molar-refractivity contribution in [3.8, 4) is 0 Å². The van der Waals surface area contributed by atoms with Crippen molar-refractivity contribution < 1.29 is 9.59 Å². The third kappa shape index (κ3) is 4.34. The maximum absolute atomic E-state index is 13.3. The molecule has 0 saturated carbocycles. The van der Waals surface area contributed by atoms with Crippen LogP contribution in [0.2, 0.25) is 0 Å². The zero-order valence-corrected chi connectivity index (χ0v) is 17.0. The van der Waals surface area contributed by atoms with E-state index in [1.54, 1.807) is 7.05 Å². The number of amides is 2. The number of piperazine rings is 1. The van der Waals surface area contributed by atoms with Crippen LogP contribution in [0.4, 0.5) is 5.69 Å². The van der Waals surface area contributed by atoms with Crippen molar-refractivity contribution in [1.29, 1.82) is 0 Å². The van der Waals surface area contributed by atoms with E-state index in [-0.39, 0.29) is 17.9 Å². The summed E-state index contributed by atoms with van der Waals surface area (Å²) in [4.78, 5) is 31.1. The Morgan fingerprint density at radius 2 is 1.75 bits per heavy atom. The second-order valence-electron chi connectivity index (χ2n) is 7.24. The summed E-state index contributed by atoms with van der Waals surface area (Å²) in [5.74, 6) is 0.157. The number of fused-ring (bicyclic) bond motifs is 1. The van der Waals surface area contributed by atoms with Gasteiger partial charge in [-0.3, -0.25) is 19.4 Å². The van der Waals surface area contributed by atoms with Crippen molar-refractivity contribution in [3.05, 3.63) is 42.5 Å². The first kappa shape index (κ1) is 20.3. The summed E-state index contributed by atoms with van der Waals surface area (Å²) >= 11 is 0. The average Bonchev–Trinajstić information content (AvgIpc) is 2.74. The van der Waals surface area contributed by atoms with Crippen LogP contribution in [0.15, 0.2) is 42.5 Å². The lowest BCUT2D eigenvalue weighted by molar-refractivity contribution is -0.125. The standard InChI is InChI=1S/C22H30N4O2/c1-4-26(20-11-7-9-18-8-5-6-10-19(18)20)22(28)17(2)25-14-12-24(13-15-25)16-21(27)23-3/h5-11,17H,4,12-16H2,1-3H3,(H,23,27)/t17-/m1/s1. The molecule has 0 aliphatic carbocycles. The average molecular weight is 383 g/mol. The van der Waals surface area contributed by atoms with Gasteiger partial charge in [-0.1, -0.05) is 36.4 Å². The quantitative estimate of drug-likeness (QED) is 0.830. The van der Waals surface area contributed by atoms with E-state index in [4.69, 9.17) is 0 Å². The Balaban J connectivity index is 1.70. The minimum Gasteiger partial charge on any atom is -0.358 e. The summed E-state index contributed by atoms with van der Waals surface area (Å²) in [5.41, 5.74) is 0.968. The fourth-order valence-electron chi connectivity index (χ4n) is 3.86. The van der Waals surface area contributed by atoms with E-state index in [2.05, 4.69) is 33.3 Å². The maximum atomic E-state index is 13.3. The second kappa shape index (κ2) is 9.17. The number of carbonyl (C=O) groups excluding carboxylic acids is 2. The minimum absolute atomic E-state index is 0.0330. The number of anilines is 1. The van der Waals surface area contributed by atoms with Crippen LogP contribution in [-0.2, 0) is 9.59 Å². The number of likely N-dealkylation sites (N-methyl/N-ethyl adjacent to an activating group) is 2. The third-order valence-corrected chi connectivity index (χ3v) is 5.60. The summed E-state index contributed by atoms with van der Waals surface area (Å²) in [6, 6.07) is 14.1. The monoisotopic (exact) mass is 382 g/mol. The van der Waals surface area contributed by atoms with Crippen LogP contribution in [0.5, 0.6) is 0 Å². The number of rotatable bonds is 6. The van der Waals surface area contributed by atoms with Crippen LogP contribution in [0, 0.1) is 0 Å². The Labute approximate surface area is 167 Å². The van der Waals surface area contributed by atoms with E-state index in [0.29, 0.717) is 13.1 Å². The highest BCUT2D eigenvalue weighted by atomic mass is 16.2. The molecule has 1 aliphatic rings. The fourth-order valence-corrected chi connectivity index (χ4v) is 3.86. The first-order valence-corrected chi connectivity index (χ1v) is 10.0. The summed E-state index contributed by atoms with van der Waals surface area (Å²) in [7, 11) is 1.66. The topological polar surface area (TPSA) is 55.9 Å². The van der Waals surface area contributed by atoms with Gasteiger partial charge in [-0.2, -0.15) is 0 Å². The van der Waals surface area contributed by atoms with E-state index >= 15 is 0 Å². The Morgan fingerprint density at radius 3 is 2.43 bits per heavy atom. The van der Waals surface area contributed by atoms with Crippen LogP contribution in [0.1, 0.15) is 13.8 Å². The van der Waals surface area contributed by atoms with Crippen molar-refractivity contribution >= 4 is 28.3 Å². The Kier molecular flexibility index (Phi) is 6.65. The third-order valence-electron chi connectivity index (χ3n) is 5.60. The lowest BCUT2D eigenvalue weighted by Gasteiger charge is -2.38. The van der Waals surface area contributed by atoms with Gasteiger partial charge in [-0.05, 0) is 25.3 Å². The molecule has 6 nitrogen and oxygen atoms in total. The maximum Gasteiger partial charge on any atom is 0.244 e. The summed E-state index contributed by atoms with van der Waals surface area (Å²) in [6.45, 7) is 8.24. The molecule has 1 atom stereocenters. The van der Waals surface area contributed by atoms with Crippen molar-refractivity contribution in [1.82, 2.24) is 15.1 Å². The lowest BCUT2D eigenvalue weighted by Crippen LogP contribution is -2.55. The smallest absolute Gasteiger partial charge is 0.244 e. The van der Waals surface area contributed by atoms with E-state index in [1.165, 1.54) is 0 Å². The fraction of sp³-hybridized carbons (Fsp3) is 0.455. The van der Waals surface area contributed by atoms with Crippen LogP contribution in [0.25, 0.3) is 10.8 Å². The van der Waals surface area contributed by atoms with Crippen molar-refractivity contribution in [2.45, 2.75) is 19.9 Å². The Morgan fingerprint density at radius 1 is 1.07 bits per heavy atom. The first-order valence-electron chi connectivity index (χ1n) is 10.0.